The van der Waals surface area contributed by atoms with Crippen LogP contribution in [0.3, 0.4) is 0 Å². The van der Waals surface area contributed by atoms with Gasteiger partial charge < -0.3 is 10.6 Å². The molecule has 6 nitrogen and oxygen atoms in total. The molecule has 2 heterocycles. The van der Waals surface area contributed by atoms with Crippen LogP contribution in [0, 0.1) is 0 Å². The Morgan fingerprint density at radius 2 is 1.68 bits per heavy atom. The molecule has 112 valence electrons. The largest absolute Gasteiger partial charge is 0.329 e. The van der Waals surface area contributed by atoms with Crippen molar-refractivity contribution in [3.63, 3.8) is 0 Å². The van der Waals surface area contributed by atoms with Crippen molar-refractivity contribution in [1.82, 2.24) is 13.9 Å². The molecular formula is C12H26N4O2S. The summed E-state index contributed by atoms with van der Waals surface area (Å²) < 4.78 is 29.4. The van der Waals surface area contributed by atoms with E-state index in [1.807, 2.05) is 0 Å². The normalized spacial score (nSPS) is 26.4. The Labute approximate surface area is 116 Å². The van der Waals surface area contributed by atoms with Crippen LogP contribution in [0.25, 0.3) is 0 Å². The highest BCUT2D eigenvalue weighted by molar-refractivity contribution is 7.87. The fraction of sp³-hybridized carbons (Fsp3) is 1.00. The molecule has 0 bridgehead atoms. The predicted molar refractivity (Wildman–Crippen MR) is 76.0 cm³/mol. The van der Waals surface area contributed by atoms with Crippen molar-refractivity contribution in [1.29, 1.82) is 0 Å². The number of rotatable bonds is 4. The van der Waals surface area contributed by atoms with Crippen LogP contribution in [0.1, 0.15) is 32.1 Å². The number of hydrogen-bond acceptors (Lipinski definition) is 4. The second kappa shape index (κ2) is 6.05. The summed E-state index contributed by atoms with van der Waals surface area (Å²) in [6, 6.07) is 0. The van der Waals surface area contributed by atoms with Gasteiger partial charge in [-0.15, -0.1) is 0 Å². The molecule has 0 aromatic heterocycles. The Morgan fingerprint density at radius 3 is 2.21 bits per heavy atom. The molecule has 0 aromatic rings. The van der Waals surface area contributed by atoms with Crippen molar-refractivity contribution in [3.8, 4) is 0 Å². The zero-order valence-electron chi connectivity index (χ0n) is 11.8. The summed E-state index contributed by atoms with van der Waals surface area (Å²) in [7, 11) is -1.33. The van der Waals surface area contributed by atoms with E-state index in [0.717, 1.165) is 45.2 Å². The Kier molecular flexibility index (Phi) is 4.84. The average molecular weight is 290 g/mol. The molecule has 3 N–H and O–H groups in total. The molecule has 0 radical (unpaired) electrons. The highest BCUT2D eigenvalue weighted by atomic mass is 32.2. The first-order chi connectivity index (χ1) is 8.97. The van der Waals surface area contributed by atoms with Crippen LogP contribution in [0.4, 0.5) is 0 Å². The summed E-state index contributed by atoms with van der Waals surface area (Å²) >= 11 is 0. The van der Waals surface area contributed by atoms with Gasteiger partial charge in [0.15, 0.2) is 0 Å². The number of hydrogen-bond donors (Lipinski definition) is 2. The highest BCUT2D eigenvalue weighted by Gasteiger charge is 2.38. The molecule has 0 spiro atoms. The van der Waals surface area contributed by atoms with Gasteiger partial charge in [-0.2, -0.15) is 17.4 Å². The fourth-order valence-corrected chi connectivity index (χ4v) is 4.54. The molecule has 2 aliphatic heterocycles. The third-order valence-electron chi connectivity index (χ3n) is 4.34. The summed E-state index contributed by atoms with van der Waals surface area (Å²) in [5, 5.41) is 0. The lowest BCUT2D eigenvalue weighted by Crippen LogP contribution is -2.61. The quantitative estimate of drug-likeness (QED) is 0.747. The molecular weight excluding hydrogens is 264 g/mol. The Balaban J connectivity index is 2.04. The van der Waals surface area contributed by atoms with Crippen molar-refractivity contribution in [3.05, 3.63) is 0 Å². The molecule has 2 saturated heterocycles. The maximum Gasteiger partial charge on any atom is 0.279 e. The zero-order valence-corrected chi connectivity index (χ0v) is 12.6. The average Bonchev–Trinajstić information content (AvgIpc) is 2.42. The molecule has 0 aromatic carbocycles. The van der Waals surface area contributed by atoms with Crippen LogP contribution in [0.2, 0.25) is 0 Å². The van der Waals surface area contributed by atoms with E-state index in [-0.39, 0.29) is 0 Å². The van der Waals surface area contributed by atoms with Crippen LogP contribution < -0.4 is 10.5 Å². The molecule has 0 unspecified atom stereocenters. The van der Waals surface area contributed by atoms with Crippen LogP contribution in [0.5, 0.6) is 0 Å². The van der Waals surface area contributed by atoms with Gasteiger partial charge >= 0.3 is 0 Å². The summed E-state index contributed by atoms with van der Waals surface area (Å²) in [4.78, 5) is 2.21. The van der Waals surface area contributed by atoms with Gasteiger partial charge in [-0.05, 0) is 45.8 Å². The third kappa shape index (κ3) is 3.66. The standard InChI is InChI=1S/C12H26N4O2S/c1-15-9-5-12(11-13,6-10-15)14-19(17,18)16-7-3-2-4-8-16/h14H,2-11,13H2,1H3. The molecule has 0 aliphatic carbocycles. The number of nitrogens with zero attached hydrogens (tertiary/aromatic N) is 2. The summed E-state index contributed by atoms with van der Waals surface area (Å²) in [6.45, 7) is 3.42. The Morgan fingerprint density at radius 1 is 1.11 bits per heavy atom. The predicted octanol–water partition coefficient (Wildman–Crippen LogP) is -0.270. The van der Waals surface area contributed by atoms with E-state index in [9.17, 15) is 8.42 Å². The zero-order chi connectivity index (χ0) is 13.9. The third-order valence-corrected chi connectivity index (χ3v) is 6.07. The first-order valence-electron chi connectivity index (χ1n) is 7.15. The lowest BCUT2D eigenvalue weighted by Gasteiger charge is -2.41. The molecule has 0 saturated carbocycles. The van der Waals surface area contributed by atoms with E-state index in [0.29, 0.717) is 19.6 Å². The van der Waals surface area contributed by atoms with Crippen molar-refractivity contribution in [2.75, 3.05) is 39.8 Å². The lowest BCUT2D eigenvalue weighted by molar-refractivity contribution is 0.178. The molecule has 7 heteroatoms. The van der Waals surface area contributed by atoms with Crippen molar-refractivity contribution in [2.45, 2.75) is 37.6 Å². The summed E-state index contributed by atoms with van der Waals surface area (Å²) in [5.74, 6) is 0. The van der Waals surface area contributed by atoms with Gasteiger partial charge in [-0.25, -0.2) is 0 Å². The topological polar surface area (TPSA) is 78.7 Å². The molecule has 0 atom stereocenters. The van der Waals surface area contributed by atoms with Crippen molar-refractivity contribution < 1.29 is 8.42 Å². The molecule has 19 heavy (non-hydrogen) atoms. The van der Waals surface area contributed by atoms with Crippen molar-refractivity contribution >= 4 is 10.2 Å². The SMILES string of the molecule is CN1CCC(CN)(NS(=O)(=O)N2CCCCC2)CC1. The van der Waals surface area contributed by atoms with Gasteiger partial charge in [-0.1, -0.05) is 6.42 Å². The van der Waals surface area contributed by atoms with E-state index < -0.39 is 15.7 Å². The maximum absolute atomic E-state index is 12.4. The molecule has 2 fully saturated rings. The van der Waals surface area contributed by atoms with Gasteiger partial charge in [0.25, 0.3) is 10.2 Å². The Hall–Kier alpha value is -0.210. The van der Waals surface area contributed by atoms with Crippen LogP contribution in [-0.4, -0.2) is 62.9 Å². The fourth-order valence-electron chi connectivity index (χ4n) is 2.84. The second-order valence-corrected chi connectivity index (χ2v) is 7.53. The van der Waals surface area contributed by atoms with E-state index in [4.69, 9.17) is 5.73 Å². The van der Waals surface area contributed by atoms with E-state index in [2.05, 4.69) is 16.7 Å². The number of likely N-dealkylation sites (tertiary alicyclic amines) is 1. The highest BCUT2D eigenvalue weighted by Crippen LogP contribution is 2.23. The van der Waals surface area contributed by atoms with Gasteiger partial charge in [0.2, 0.25) is 0 Å². The first kappa shape index (κ1) is 15.2. The monoisotopic (exact) mass is 290 g/mol. The number of nitrogens with two attached hydrogens (primary N) is 1. The minimum Gasteiger partial charge on any atom is -0.329 e. The van der Waals surface area contributed by atoms with Crippen LogP contribution in [-0.2, 0) is 10.2 Å². The molecule has 2 aliphatic rings. The second-order valence-electron chi connectivity index (χ2n) is 5.85. The van der Waals surface area contributed by atoms with E-state index in [1.54, 1.807) is 4.31 Å². The summed E-state index contributed by atoms with van der Waals surface area (Å²) in [5.41, 5.74) is 5.40. The summed E-state index contributed by atoms with van der Waals surface area (Å²) in [6.07, 6.45) is 4.61. The smallest absolute Gasteiger partial charge is 0.279 e. The van der Waals surface area contributed by atoms with Crippen LogP contribution in [0.15, 0.2) is 0 Å². The van der Waals surface area contributed by atoms with Gasteiger partial charge in [0.1, 0.15) is 0 Å². The minimum absolute atomic E-state index is 0.369. The van der Waals surface area contributed by atoms with E-state index >= 15 is 0 Å². The van der Waals surface area contributed by atoms with E-state index in [1.165, 1.54) is 0 Å². The number of nitrogens with one attached hydrogen (secondary N) is 1. The number of piperidine rings is 2. The van der Waals surface area contributed by atoms with Crippen LogP contribution >= 0.6 is 0 Å². The molecule has 2 rings (SSSR count). The van der Waals surface area contributed by atoms with Crippen molar-refractivity contribution in [2.24, 2.45) is 5.73 Å². The van der Waals surface area contributed by atoms with Gasteiger partial charge in [0, 0.05) is 25.2 Å². The first-order valence-corrected chi connectivity index (χ1v) is 8.59. The Bertz CT molecular complexity index is 385. The van der Waals surface area contributed by atoms with Gasteiger partial charge in [0.05, 0.1) is 0 Å². The minimum atomic E-state index is -3.39. The van der Waals surface area contributed by atoms with Gasteiger partial charge in [-0.3, -0.25) is 0 Å². The lowest BCUT2D eigenvalue weighted by atomic mass is 9.89. The molecule has 0 amide bonds. The maximum atomic E-state index is 12.4.